The van der Waals surface area contributed by atoms with Crippen molar-refractivity contribution in [2.24, 2.45) is 0 Å². The molecule has 1 atom stereocenters. The lowest BCUT2D eigenvalue weighted by Gasteiger charge is -2.13. The Kier molecular flexibility index (Phi) is 4.51. The van der Waals surface area contributed by atoms with Crippen molar-refractivity contribution >= 4 is 24.8 Å². The fourth-order valence-corrected chi connectivity index (χ4v) is 1.91. The van der Waals surface area contributed by atoms with Gasteiger partial charge in [-0.2, -0.15) is 0 Å². The predicted octanol–water partition coefficient (Wildman–Crippen LogP) is -0.607. The smallest absolute Gasteiger partial charge is 0.423 e. The van der Waals surface area contributed by atoms with E-state index < -0.39 is 7.12 Å². The summed E-state index contributed by atoms with van der Waals surface area (Å²) in [7, 11) is -1.76. The number of hydrogen-bond acceptors (Lipinski definition) is 5. The summed E-state index contributed by atoms with van der Waals surface area (Å²) in [6, 6.07) is 3.81. The molecule has 0 aliphatic carbocycles. The lowest BCUT2D eigenvalue weighted by Crippen LogP contribution is -2.34. The molecular weight excluding hydrogens is 273 g/mol. The highest BCUT2D eigenvalue weighted by atomic mass is 16.4. The van der Waals surface area contributed by atoms with Gasteiger partial charge in [-0.25, -0.2) is 4.98 Å². The largest absolute Gasteiger partial charge is 0.489 e. The van der Waals surface area contributed by atoms with E-state index in [2.05, 4.69) is 15.3 Å². The number of benzene rings is 1. The van der Waals surface area contributed by atoms with Gasteiger partial charge in [0.25, 0.3) is 5.91 Å². The first kappa shape index (κ1) is 15.0. The molecule has 1 aromatic carbocycles. The van der Waals surface area contributed by atoms with E-state index in [0.29, 0.717) is 6.29 Å². The molecule has 1 amide bonds. The zero-order valence-corrected chi connectivity index (χ0v) is 11.3. The number of aldehydes is 1. The van der Waals surface area contributed by atoms with Gasteiger partial charge in [0.15, 0.2) is 0 Å². The van der Waals surface area contributed by atoms with E-state index in [0.717, 1.165) is 5.69 Å². The highest BCUT2D eigenvalue weighted by molar-refractivity contribution is 6.60. The number of amides is 1. The van der Waals surface area contributed by atoms with E-state index in [-0.39, 0.29) is 28.5 Å². The molecular formula is C13H14BN3O4. The normalized spacial score (nSPS) is 11.8. The monoisotopic (exact) mass is 287 g/mol. The average molecular weight is 287 g/mol. The molecule has 0 fully saturated rings. The highest BCUT2D eigenvalue weighted by Gasteiger charge is 2.18. The van der Waals surface area contributed by atoms with Crippen LogP contribution in [0.25, 0.3) is 0 Å². The van der Waals surface area contributed by atoms with Crippen molar-refractivity contribution < 1.29 is 19.6 Å². The lowest BCUT2D eigenvalue weighted by atomic mass is 9.77. The van der Waals surface area contributed by atoms with Crippen molar-refractivity contribution in [2.75, 3.05) is 0 Å². The molecule has 21 heavy (non-hydrogen) atoms. The fourth-order valence-electron chi connectivity index (χ4n) is 1.91. The number of rotatable bonds is 5. The molecule has 0 saturated heterocycles. The summed E-state index contributed by atoms with van der Waals surface area (Å²) in [5.41, 5.74) is 1.13. The Labute approximate surface area is 121 Å². The molecule has 0 spiro atoms. The van der Waals surface area contributed by atoms with Gasteiger partial charge in [-0.3, -0.25) is 9.59 Å². The summed E-state index contributed by atoms with van der Waals surface area (Å²) in [6.45, 7) is 1.79. The third-order valence-corrected chi connectivity index (χ3v) is 3.09. The van der Waals surface area contributed by atoms with Crippen LogP contribution >= 0.6 is 0 Å². The molecule has 2 aromatic rings. The fraction of sp³-hybridized carbons (Fsp3) is 0.154. The topological polar surface area (TPSA) is 115 Å². The van der Waals surface area contributed by atoms with Gasteiger partial charge in [-0.05, 0) is 24.5 Å². The predicted molar refractivity (Wildman–Crippen MR) is 76.1 cm³/mol. The summed E-state index contributed by atoms with van der Waals surface area (Å²) in [6.07, 6.45) is 3.59. The Hall–Kier alpha value is -2.45. The molecule has 0 saturated carbocycles. The first-order valence-corrected chi connectivity index (χ1v) is 6.27. The van der Waals surface area contributed by atoms with Gasteiger partial charge < -0.3 is 20.3 Å². The van der Waals surface area contributed by atoms with Crippen molar-refractivity contribution in [3.8, 4) is 0 Å². The van der Waals surface area contributed by atoms with Crippen molar-refractivity contribution in [1.29, 1.82) is 0 Å². The Morgan fingerprint density at radius 3 is 2.81 bits per heavy atom. The maximum Gasteiger partial charge on any atom is 0.489 e. The van der Waals surface area contributed by atoms with Crippen LogP contribution in [-0.2, 0) is 0 Å². The second-order valence-corrected chi connectivity index (χ2v) is 4.54. The minimum atomic E-state index is -1.76. The SMILES string of the molecule is CC(NC(=O)c1ccc(B(O)O)c(C=O)c1)c1cnc[nH]1. The number of carbonyl (C=O) groups is 2. The first-order chi connectivity index (χ1) is 10.0. The molecule has 1 aromatic heterocycles. The van der Waals surface area contributed by atoms with E-state index >= 15 is 0 Å². The summed E-state index contributed by atoms with van der Waals surface area (Å²) >= 11 is 0. The molecule has 0 aliphatic heterocycles. The van der Waals surface area contributed by atoms with Crippen molar-refractivity contribution in [2.45, 2.75) is 13.0 Å². The Morgan fingerprint density at radius 1 is 1.48 bits per heavy atom. The molecule has 8 heteroatoms. The van der Waals surface area contributed by atoms with E-state index in [1.807, 2.05) is 0 Å². The number of aromatic nitrogens is 2. The molecule has 1 heterocycles. The number of aromatic amines is 1. The van der Waals surface area contributed by atoms with Crippen LogP contribution in [0.1, 0.15) is 39.4 Å². The van der Waals surface area contributed by atoms with E-state index in [9.17, 15) is 9.59 Å². The molecule has 7 nitrogen and oxygen atoms in total. The summed E-state index contributed by atoms with van der Waals surface area (Å²) < 4.78 is 0. The van der Waals surface area contributed by atoms with E-state index in [1.165, 1.54) is 24.5 Å². The number of H-pyrrole nitrogens is 1. The third kappa shape index (κ3) is 3.36. The molecule has 1 unspecified atom stereocenters. The summed E-state index contributed by atoms with van der Waals surface area (Å²) in [5, 5.41) is 21.0. The van der Waals surface area contributed by atoms with Crippen LogP contribution in [0.5, 0.6) is 0 Å². The zero-order chi connectivity index (χ0) is 15.4. The second-order valence-electron chi connectivity index (χ2n) is 4.54. The summed E-state index contributed by atoms with van der Waals surface area (Å²) in [4.78, 5) is 29.8. The van der Waals surface area contributed by atoms with Crippen LogP contribution in [0.4, 0.5) is 0 Å². The molecule has 2 rings (SSSR count). The molecule has 0 radical (unpaired) electrons. The van der Waals surface area contributed by atoms with Crippen LogP contribution in [0, 0.1) is 0 Å². The van der Waals surface area contributed by atoms with Crippen LogP contribution in [0.2, 0.25) is 0 Å². The quantitative estimate of drug-likeness (QED) is 0.432. The Bertz CT molecular complexity index is 643. The van der Waals surface area contributed by atoms with Gasteiger partial charge in [-0.1, -0.05) is 6.07 Å². The van der Waals surface area contributed by atoms with Crippen molar-refractivity contribution in [3.63, 3.8) is 0 Å². The van der Waals surface area contributed by atoms with Crippen LogP contribution in [-0.4, -0.2) is 39.3 Å². The second kappa shape index (κ2) is 6.34. The maximum atomic E-state index is 12.1. The van der Waals surface area contributed by atoms with Gasteiger partial charge in [0.2, 0.25) is 0 Å². The average Bonchev–Trinajstić information content (AvgIpc) is 3.00. The van der Waals surface area contributed by atoms with Gasteiger partial charge in [0.1, 0.15) is 6.29 Å². The highest BCUT2D eigenvalue weighted by Crippen LogP contribution is 2.09. The van der Waals surface area contributed by atoms with E-state index in [1.54, 1.807) is 13.1 Å². The first-order valence-electron chi connectivity index (χ1n) is 6.27. The van der Waals surface area contributed by atoms with Crippen molar-refractivity contribution in [1.82, 2.24) is 15.3 Å². The minimum Gasteiger partial charge on any atom is -0.423 e. The van der Waals surface area contributed by atoms with Crippen LogP contribution in [0.15, 0.2) is 30.7 Å². The summed E-state index contributed by atoms with van der Waals surface area (Å²) in [5.74, 6) is -0.376. The van der Waals surface area contributed by atoms with E-state index in [4.69, 9.17) is 10.0 Å². The molecule has 0 bridgehead atoms. The third-order valence-electron chi connectivity index (χ3n) is 3.09. The maximum absolute atomic E-state index is 12.1. The van der Waals surface area contributed by atoms with Crippen molar-refractivity contribution in [3.05, 3.63) is 47.5 Å². The molecule has 0 aliphatic rings. The zero-order valence-electron chi connectivity index (χ0n) is 11.3. The number of imidazole rings is 1. The van der Waals surface area contributed by atoms with Gasteiger partial charge >= 0.3 is 7.12 Å². The number of hydrogen-bond donors (Lipinski definition) is 4. The molecule has 108 valence electrons. The molecule has 4 N–H and O–H groups in total. The Morgan fingerprint density at radius 2 is 2.24 bits per heavy atom. The standard InChI is InChI=1S/C13H14BN3O4/c1-8(12-5-15-7-16-12)17-13(19)9-2-3-11(14(20)21)10(4-9)6-18/h2-8,20-21H,1H3,(H,15,16)(H,17,19). The minimum absolute atomic E-state index is 0.0585. The number of nitrogens with zero attached hydrogens (tertiary/aromatic N) is 1. The van der Waals surface area contributed by atoms with Gasteiger partial charge in [0, 0.05) is 11.1 Å². The number of nitrogens with one attached hydrogen (secondary N) is 2. The van der Waals surface area contributed by atoms with Gasteiger partial charge in [-0.15, -0.1) is 0 Å². The van der Waals surface area contributed by atoms with Gasteiger partial charge in [0.05, 0.1) is 24.3 Å². The lowest BCUT2D eigenvalue weighted by molar-refractivity contribution is 0.0939. The Balaban J connectivity index is 2.18. The van der Waals surface area contributed by atoms with Crippen LogP contribution in [0.3, 0.4) is 0 Å². The van der Waals surface area contributed by atoms with Crippen LogP contribution < -0.4 is 10.8 Å². The number of carbonyl (C=O) groups excluding carboxylic acids is 2.